The molecule has 7 heteroatoms. The number of nitrogens with one attached hydrogen (secondary N) is 2. The second-order valence-electron chi connectivity index (χ2n) is 4.56. The first-order valence-corrected chi connectivity index (χ1v) is 8.46. The predicted molar refractivity (Wildman–Crippen MR) is 98.2 cm³/mol. The molecule has 1 aliphatic heterocycles. The summed E-state index contributed by atoms with van der Waals surface area (Å²) in [5.74, 6) is 2.02. The van der Waals surface area contributed by atoms with Crippen LogP contribution >= 0.6 is 35.7 Å². The molecule has 0 atom stereocenters. The van der Waals surface area contributed by atoms with Crippen molar-refractivity contribution in [2.75, 3.05) is 44.7 Å². The molecule has 1 rings (SSSR count). The van der Waals surface area contributed by atoms with E-state index in [-0.39, 0.29) is 36.4 Å². The number of guanidine groups is 1. The van der Waals surface area contributed by atoms with Gasteiger partial charge in [0.25, 0.3) is 0 Å². The third kappa shape index (κ3) is 8.18. The van der Waals surface area contributed by atoms with Crippen molar-refractivity contribution in [2.45, 2.75) is 26.2 Å². The second-order valence-corrected chi connectivity index (χ2v) is 5.54. The van der Waals surface area contributed by atoms with Crippen molar-refractivity contribution in [2.24, 2.45) is 4.99 Å². The van der Waals surface area contributed by atoms with E-state index in [0.717, 1.165) is 57.2 Å². The highest BCUT2D eigenvalue weighted by atomic mass is 127. The van der Waals surface area contributed by atoms with Crippen molar-refractivity contribution in [3.05, 3.63) is 0 Å². The van der Waals surface area contributed by atoms with Gasteiger partial charge in [-0.05, 0) is 38.2 Å². The number of nitrogens with zero attached hydrogens (tertiary/aromatic N) is 2. The van der Waals surface area contributed by atoms with Crippen LogP contribution in [0.15, 0.2) is 4.99 Å². The molecule has 1 heterocycles. The van der Waals surface area contributed by atoms with E-state index in [0.29, 0.717) is 0 Å². The fourth-order valence-electron chi connectivity index (χ4n) is 1.98. The fourth-order valence-corrected chi connectivity index (χ4v) is 2.41. The van der Waals surface area contributed by atoms with Crippen LogP contribution in [-0.2, 0) is 4.79 Å². The molecule has 0 radical (unpaired) electrons. The van der Waals surface area contributed by atoms with Crippen LogP contribution in [0.25, 0.3) is 0 Å². The quantitative estimate of drug-likeness (QED) is 0.287. The van der Waals surface area contributed by atoms with Gasteiger partial charge >= 0.3 is 0 Å². The van der Waals surface area contributed by atoms with Gasteiger partial charge in [-0.2, -0.15) is 11.8 Å². The highest BCUT2D eigenvalue weighted by Crippen LogP contribution is 2.07. The standard InChI is InChI=1S/C13H26N4OS.HI/c1-3-14-13(15-7-6-10-19-2)16-11-12(18)17-8-4-5-9-17;/h3-11H2,1-2H3,(H2,14,15,16);1H. The van der Waals surface area contributed by atoms with Gasteiger partial charge in [0, 0.05) is 26.2 Å². The number of hydrogen-bond donors (Lipinski definition) is 2. The van der Waals surface area contributed by atoms with Crippen LogP contribution in [0.2, 0.25) is 0 Å². The van der Waals surface area contributed by atoms with E-state index in [2.05, 4.69) is 21.9 Å². The maximum atomic E-state index is 11.9. The third-order valence-corrected chi connectivity index (χ3v) is 3.69. The lowest BCUT2D eigenvalue weighted by Gasteiger charge is -2.15. The zero-order valence-electron chi connectivity index (χ0n) is 12.5. The monoisotopic (exact) mass is 414 g/mol. The maximum Gasteiger partial charge on any atom is 0.244 e. The molecular weight excluding hydrogens is 387 g/mol. The lowest BCUT2D eigenvalue weighted by atomic mass is 10.4. The smallest absolute Gasteiger partial charge is 0.244 e. The van der Waals surface area contributed by atoms with Gasteiger partial charge in [-0.1, -0.05) is 0 Å². The summed E-state index contributed by atoms with van der Waals surface area (Å²) >= 11 is 1.84. The molecule has 1 aliphatic rings. The summed E-state index contributed by atoms with van der Waals surface area (Å²) in [5, 5.41) is 6.42. The van der Waals surface area contributed by atoms with Crippen LogP contribution in [0.1, 0.15) is 26.2 Å². The molecule has 118 valence electrons. The Kier molecular flexibility index (Phi) is 12.4. The summed E-state index contributed by atoms with van der Waals surface area (Å²) in [4.78, 5) is 18.1. The van der Waals surface area contributed by atoms with Crippen molar-refractivity contribution < 1.29 is 4.79 Å². The summed E-state index contributed by atoms with van der Waals surface area (Å²) in [5.41, 5.74) is 0. The number of thioether (sulfide) groups is 1. The number of halogens is 1. The van der Waals surface area contributed by atoms with Gasteiger partial charge in [-0.3, -0.25) is 4.79 Å². The van der Waals surface area contributed by atoms with Crippen molar-refractivity contribution in [1.82, 2.24) is 15.5 Å². The number of amides is 1. The Labute approximate surface area is 143 Å². The van der Waals surface area contributed by atoms with Crippen LogP contribution in [0.3, 0.4) is 0 Å². The van der Waals surface area contributed by atoms with Crippen molar-refractivity contribution in [1.29, 1.82) is 0 Å². The second kappa shape index (κ2) is 12.6. The minimum absolute atomic E-state index is 0. The van der Waals surface area contributed by atoms with E-state index in [1.807, 2.05) is 23.6 Å². The molecule has 1 saturated heterocycles. The minimum Gasteiger partial charge on any atom is -0.357 e. The minimum atomic E-state index is 0. The summed E-state index contributed by atoms with van der Waals surface area (Å²) in [6.45, 7) is 5.77. The van der Waals surface area contributed by atoms with Crippen LogP contribution in [0.5, 0.6) is 0 Å². The van der Waals surface area contributed by atoms with Gasteiger partial charge in [-0.15, -0.1) is 24.0 Å². The van der Waals surface area contributed by atoms with Gasteiger partial charge in [0.2, 0.25) is 5.91 Å². The van der Waals surface area contributed by atoms with E-state index in [9.17, 15) is 4.79 Å². The molecule has 5 nitrogen and oxygen atoms in total. The van der Waals surface area contributed by atoms with Crippen LogP contribution in [0, 0.1) is 0 Å². The molecular formula is C13H27IN4OS. The number of hydrogen-bond acceptors (Lipinski definition) is 3. The third-order valence-electron chi connectivity index (χ3n) is 2.99. The van der Waals surface area contributed by atoms with Gasteiger partial charge in [0.05, 0.1) is 0 Å². The first-order valence-electron chi connectivity index (χ1n) is 7.06. The Bertz CT molecular complexity index is 296. The molecule has 0 aromatic rings. The van der Waals surface area contributed by atoms with E-state index in [4.69, 9.17) is 0 Å². The SMILES string of the molecule is CCNC(=NCC(=O)N1CCCC1)NCCCSC.I. The molecule has 0 bridgehead atoms. The number of rotatable bonds is 7. The van der Waals surface area contributed by atoms with Crippen molar-refractivity contribution >= 4 is 47.6 Å². The fraction of sp³-hybridized carbons (Fsp3) is 0.846. The average Bonchev–Trinajstić information content (AvgIpc) is 2.94. The Hall–Kier alpha value is -0.180. The molecule has 2 N–H and O–H groups in total. The maximum absolute atomic E-state index is 11.9. The zero-order valence-corrected chi connectivity index (χ0v) is 15.6. The Morgan fingerprint density at radius 1 is 1.30 bits per heavy atom. The molecule has 0 aliphatic carbocycles. The highest BCUT2D eigenvalue weighted by molar-refractivity contribution is 14.0. The number of carbonyl (C=O) groups is 1. The molecule has 0 aromatic heterocycles. The van der Waals surface area contributed by atoms with E-state index in [1.165, 1.54) is 0 Å². The predicted octanol–water partition coefficient (Wildman–Crippen LogP) is 1.53. The molecule has 20 heavy (non-hydrogen) atoms. The van der Waals surface area contributed by atoms with Crippen molar-refractivity contribution in [3.8, 4) is 0 Å². The summed E-state index contributed by atoms with van der Waals surface area (Å²) in [6.07, 6.45) is 5.46. The van der Waals surface area contributed by atoms with Crippen LogP contribution < -0.4 is 10.6 Å². The van der Waals surface area contributed by atoms with Gasteiger partial charge in [0.1, 0.15) is 6.54 Å². The van der Waals surface area contributed by atoms with Crippen molar-refractivity contribution in [3.63, 3.8) is 0 Å². The summed E-state index contributed by atoms with van der Waals surface area (Å²) in [7, 11) is 0. The van der Waals surface area contributed by atoms with Gasteiger partial charge in [-0.25, -0.2) is 4.99 Å². The van der Waals surface area contributed by atoms with Gasteiger partial charge < -0.3 is 15.5 Å². The topological polar surface area (TPSA) is 56.7 Å². The molecule has 0 spiro atoms. The average molecular weight is 414 g/mol. The molecule has 1 fully saturated rings. The largest absolute Gasteiger partial charge is 0.357 e. The number of carbonyl (C=O) groups excluding carboxylic acids is 1. The van der Waals surface area contributed by atoms with Gasteiger partial charge in [0.15, 0.2) is 5.96 Å². The van der Waals surface area contributed by atoms with Crippen LogP contribution in [0.4, 0.5) is 0 Å². The Balaban J connectivity index is 0.00000361. The van der Waals surface area contributed by atoms with Crippen LogP contribution in [-0.4, -0.2) is 61.5 Å². The summed E-state index contributed by atoms with van der Waals surface area (Å²) < 4.78 is 0. The zero-order chi connectivity index (χ0) is 13.9. The lowest BCUT2D eigenvalue weighted by Crippen LogP contribution is -2.39. The van der Waals surface area contributed by atoms with E-state index in [1.54, 1.807) is 0 Å². The molecule has 0 unspecified atom stereocenters. The summed E-state index contributed by atoms with van der Waals surface area (Å²) in [6, 6.07) is 0. The van der Waals surface area contributed by atoms with E-state index >= 15 is 0 Å². The Morgan fingerprint density at radius 3 is 2.60 bits per heavy atom. The number of likely N-dealkylation sites (tertiary alicyclic amines) is 1. The first kappa shape index (κ1) is 19.8. The lowest BCUT2D eigenvalue weighted by molar-refractivity contribution is -0.128. The molecule has 1 amide bonds. The normalized spacial score (nSPS) is 14.9. The van der Waals surface area contributed by atoms with E-state index < -0.39 is 0 Å². The Morgan fingerprint density at radius 2 is 2.00 bits per heavy atom. The first-order chi connectivity index (χ1) is 9.27. The molecule has 0 aromatic carbocycles. The highest BCUT2D eigenvalue weighted by Gasteiger charge is 2.17. The molecule has 0 saturated carbocycles. The number of aliphatic imine (C=N–C) groups is 1.